The quantitative estimate of drug-likeness (QED) is 0.940. The summed E-state index contributed by atoms with van der Waals surface area (Å²) >= 11 is 3.78. The van der Waals surface area contributed by atoms with Crippen molar-refractivity contribution in [1.29, 1.82) is 0 Å². The molecule has 1 atom stereocenters. The second-order valence-electron chi connectivity index (χ2n) is 5.01. The van der Waals surface area contributed by atoms with Crippen molar-refractivity contribution < 1.29 is 0 Å². The van der Waals surface area contributed by atoms with Gasteiger partial charge >= 0.3 is 0 Å². The van der Waals surface area contributed by atoms with Crippen molar-refractivity contribution in [2.45, 2.75) is 25.1 Å². The normalized spacial score (nSPS) is 20.4. The van der Waals surface area contributed by atoms with Gasteiger partial charge in [-0.2, -0.15) is 11.8 Å². The molecule has 0 aromatic carbocycles. The average molecular weight is 308 g/mol. The first-order valence-electron chi connectivity index (χ1n) is 7.06. The highest BCUT2D eigenvalue weighted by Crippen LogP contribution is 2.26. The van der Waals surface area contributed by atoms with E-state index in [0.717, 1.165) is 46.7 Å². The Bertz CT molecular complexity index is 584. The summed E-state index contributed by atoms with van der Waals surface area (Å²) in [5.41, 5.74) is 0. The van der Waals surface area contributed by atoms with E-state index in [-0.39, 0.29) is 0 Å². The number of nitrogens with one attached hydrogen (secondary N) is 1. The van der Waals surface area contributed by atoms with Crippen molar-refractivity contribution >= 4 is 39.1 Å². The van der Waals surface area contributed by atoms with E-state index in [4.69, 9.17) is 4.98 Å². The van der Waals surface area contributed by atoms with E-state index in [2.05, 4.69) is 45.3 Å². The number of hydrogen-bond acceptors (Lipinski definition) is 6. The van der Waals surface area contributed by atoms with Crippen molar-refractivity contribution in [3.05, 3.63) is 17.3 Å². The first-order chi connectivity index (χ1) is 9.80. The predicted octanol–water partition coefficient (Wildman–Crippen LogP) is 3.06. The molecule has 1 unspecified atom stereocenters. The highest BCUT2D eigenvalue weighted by Gasteiger charge is 2.20. The lowest BCUT2D eigenvalue weighted by molar-refractivity contribution is 0.267. The molecule has 3 rings (SSSR count). The minimum atomic E-state index is 0.762. The number of hydrogen-bond donors (Lipinski definition) is 1. The van der Waals surface area contributed by atoms with Crippen LogP contribution in [0.2, 0.25) is 0 Å². The van der Waals surface area contributed by atoms with Gasteiger partial charge in [0.15, 0.2) is 0 Å². The Morgan fingerprint density at radius 3 is 3.15 bits per heavy atom. The molecule has 4 nitrogen and oxygen atoms in total. The van der Waals surface area contributed by atoms with Gasteiger partial charge in [-0.25, -0.2) is 9.97 Å². The molecule has 1 aliphatic rings. The number of rotatable bonds is 4. The van der Waals surface area contributed by atoms with E-state index >= 15 is 0 Å². The first-order valence-corrected chi connectivity index (χ1v) is 8.98. The number of thiophene rings is 1. The highest BCUT2D eigenvalue weighted by atomic mass is 32.2. The largest absolute Gasteiger partial charge is 0.372 e. The van der Waals surface area contributed by atoms with Gasteiger partial charge in [-0.3, -0.25) is 4.90 Å². The van der Waals surface area contributed by atoms with Gasteiger partial charge in [0.05, 0.1) is 11.9 Å². The third kappa shape index (κ3) is 2.92. The van der Waals surface area contributed by atoms with Crippen LogP contribution in [0.1, 0.15) is 19.2 Å². The summed E-state index contributed by atoms with van der Waals surface area (Å²) in [4.78, 5) is 12.9. The summed E-state index contributed by atoms with van der Waals surface area (Å²) in [6, 6.07) is 2.08. The van der Waals surface area contributed by atoms with Crippen LogP contribution < -0.4 is 5.32 Å². The Hall–Kier alpha value is -0.850. The second-order valence-corrected chi connectivity index (χ2v) is 7.32. The minimum Gasteiger partial charge on any atom is -0.372 e. The fourth-order valence-corrected chi connectivity index (χ4v) is 4.56. The van der Waals surface area contributed by atoms with E-state index in [1.165, 1.54) is 12.2 Å². The van der Waals surface area contributed by atoms with E-state index in [9.17, 15) is 0 Å². The smallest absolute Gasteiger partial charge is 0.146 e. The highest BCUT2D eigenvalue weighted by molar-refractivity contribution is 8.00. The summed E-state index contributed by atoms with van der Waals surface area (Å²) in [7, 11) is 1.92. The zero-order valence-corrected chi connectivity index (χ0v) is 13.6. The second kappa shape index (κ2) is 6.28. The molecule has 0 spiro atoms. The molecule has 2 aromatic rings. The lowest BCUT2D eigenvalue weighted by atomic mass is 10.3. The molecule has 0 aliphatic carbocycles. The summed E-state index contributed by atoms with van der Waals surface area (Å²) in [6.07, 6.45) is 1.24. The van der Waals surface area contributed by atoms with Crippen LogP contribution >= 0.6 is 23.1 Å². The van der Waals surface area contributed by atoms with Gasteiger partial charge in [0.1, 0.15) is 16.5 Å². The minimum absolute atomic E-state index is 0.762. The van der Waals surface area contributed by atoms with Crippen molar-refractivity contribution in [3.63, 3.8) is 0 Å². The summed E-state index contributed by atoms with van der Waals surface area (Å²) in [5, 5.41) is 7.15. The molecule has 6 heteroatoms. The summed E-state index contributed by atoms with van der Waals surface area (Å²) in [6.45, 7) is 5.43. The third-order valence-corrected chi connectivity index (χ3v) is 5.83. The number of thioether (sulfide) groups is 1. The molecule has 108 valence electrons. The molecule has 1 aliphatic heterocycles. The van der Waals surface area contributed by atoms with Crippen molar-refractivity contribution in [1.82, 2.24) is 14.9 Å². The average Bonchev–Trinajstić information content (AvgIpc) is 2.95. The zero-order valence-electron chi connectivity index (χ0n) is 11.9. The maximum absolute atomic E-state index is 4.71. The van der Waals surface area contributed by atoms with Crippen molar-refractivity contribution in [3.8, 4) is 0 Å². The van der Waals surface area contributed by atoms with Gasteiger partial charge in [-0.15, -0.1) is 11.3 Å². The first kappa shape index (κ1) is 14.1. The number of fused-ring (bicyclic) bond motifs is 1. The van der Waals surface area contributed by atoms with Crippen molar-refractivity contribution in [2.75, 3.05) is 31.2 Å². The number of aromatic nitrogens is 2. The van der Waals surface area contributed by atoms with Gasteiger partial charge in [0.2, 0.25) is 0 Å². The molecule has 0 amide bonds. The standard InChI is InChI=1S/C14H20N4S2/c1-3-10-8-18(5-7-19-10)9-12-16-13(15-2)11-4-6-20-14(11)17-12/h4,6,10H,3,5,7-9H2,1-2H3,(H,15,16,17). The van der Waals surface area contributed by atoms with Crippen LogP contribution in [0.3, 0.4) is 0 Å². The van der Waals surface area contributed by atoms with E-state index in [0.29, 0.717) is 0 Å². The lowest BCUT2D eigenvalue weighted by Gasteiger charge is -2.31. The summed E-state index contributed by atoms with van der Waals surface area (Å²) < 4.78 is 0. The number of nitrogens with zero attached hydrogens (tertiary/aromatic N) is 3. The van der Waals surface area contributed by atoms with Crippen LogP contribution in [0, 0.1) is 0 Å². The molecular formula is C14H20N4S2. The molecular weight excluding hydrogens is 288 g/mol. The molecule has 20 heavy (non-hydrogen) atoms. The van der Waals surface area contributed by atoms with Gasteiger partial charge in [-0.1, -0.05) is 6.92 Å². The molecule has 1 saturated heterocycles. The van der Waals surface area contributed by atoms with Crippen LogP contribution in [0.4, 0.5) is 5.82 Å². The predicted molar refractivity (Wildman–Crippen MR) is 88.8 cm³/mol. The maximum Gasteiger partial charge on any atom is 0.146 e. The molecule has 0 saturated carbocycles. The van der Waals surface area contributed by atoms with Crippen LogP contribution in [-0.4, -0.2) is 46.0 Å². The molecule has 0 bridgehead atoms. The fourth-order valence-electron chi connectivity index (χ4n) is 2.53. The monoisotopic (exact) mass is 308 g/mol. The van der Waals surface area contributed by atoms with Gasteiger partial charge < -0.3 is 5.32 Å². The molecule has 1 fully saturated rings. The Morgan fingerprint density at radius 1 is 1.45 bits per heavy atom. The topological polar surface area (TPSA) is 41.1 Å². The van der Waals surface area contributed by atoms with Crippen LogP contribution in [-0.2, 0) is 6.54 Å². The number of anilines is 1. The Balaban J connectivity index is 1.79. The fraction of sp³-hybridized carbons (Fsp3) is 0.571. The Morgan fingerprint density at radius 2 is 2.35 bits per heavy atom. The van der Waals surface area contributed by atoms with Crippen LogP contribution in [0.25, 0.3) is 10.2 Å². The van der Waals surface area contributed by atoms with Crippen LogP contribution in [0.15, 0.2) is 11.4 Å². The van der Waals surface area contributed by atoms with Gasteiger partial charge in [0, 0.05) is 31.1 Å². The Labute approximate surface area is 128 Å². The molecule has 3 heterocycles. The van der Waals surface area contributed by atoms with E-state index in [1.807, 2.05) is 7.05 Å². The molecule has 1 N–H and O–H groups in total. The maximum atomic E-state index is 4.71. The molecule has 2 aromatic heterocycles. The SMILES string of the molecule is CCC1CN(Cc2nc(NC)c3ccsc3n2)CCS1. The molecule has 0 radical (unpaired) electrons. The van der Waals surface area contributed by atoms with Crippen molar-refractivity contribution in [2.24, 2.45) is 0 Å². The summed E-state index contributed by atoms with van der Waals surface area (Å²) in [5.74, 6) is 3.11. The van der Waals surface area contributed by atoms with Gasteiger partial charge in [-0.05, 0) is 17.9 Å². The third-order valence-electron chi connectivity index (χ3n) is 3.65. The van der Waals surface area contributed by atoms with E-state index < -0.39 is 0 Å². The van der Waals surface area contributed by atoms with Gasteiger partial charge in [0.25, 0.3) is 0 Å². The Kier molecular flexibility index (Phi) is 4.43. The lowest BCUT2D eigenvalue weighted by Crippen LogP contribution is -2.37. The van der Waals surface area contributed by atoms with Crippen LogP contribution in [0.5, 0.6) is 0 Å². The van der Waals surface area contributed by atoms with E-state index in [1.54, 1.807) is 11.3 Å². The zero-order chi connectivity index (χ0) is 13.9.